The van der Waals surface area contributed by atoms with Crippen LogP contribution in [0.25, 0.3) is 21.9 Å². The summed E-state index contributed by atoms with van der Waals surface area (Å²) in [6.07, 6.45) is 0. The molecule has 3 aromatic rings. The van der Waals surface area contributed by atoms with Gasteiger partial charge in [0.15, 0.2) is 11.3 Å². The molecule has 0 atom stereocenters. The Morgan fingerprint density at radius 2 is 1.54 bits per heavy atom. The molecule has 4 rings (SSSR count). The Bertz CT molecular complexity index is 1060. The van der Waals surface area contributed by atoms with Crippen molar-refractivity contribution in [3.05, 3.63) is 27.8 Å². The molecule has 0 unspecified atom stereocenters. The lowest BCUT2D eigenvalue weighted by molar-refractivity contribution is 0.0692. The van der Waals surface area contributed by atoms with Crippen molar-refractivity contribution >= 4 is 27.9 Å². The first-order valence-electron chi connectivity index (χ1n) is 7.29. The molecule has 7 nitrogen and oxygen atoms in total. The molecule has 0 bridgehead atoms. The number of phenols is 3. The second kappa shape index (κ2) is 4.55. The number of furan rings is 1. The van der Waals surface area contributed by atoms with Crippen LogP contribution in [0.2, 0.25) is 0 Å². The molecule has 0 saturated carbocycles. The molecule has 0 spiro atoms. The lowest BCUT2D eigenvalue weighted by atomic mass is 9.95. The molecule has 1 aliphatic heterocycles. The van der Waals surface area contributed by atoms with Crippen molar-refractivity contribution in [3.63, 3.8) is 0 Å². The van der Waals surface area contributed by atoms with Gasteiger partial charge in [-0.05, 0) is 30.5 Å². The fraction of sp³-hybridized carbons (Fsp3) is 0.235. The highest BCUT2D eigenvalue weighted by Crippen LogP contribution is 2.50. The largest absolute Gasteiger partial charge is 0.507 e. The first kappa shape index (κ1) is 14.6. The first-order chi connectivity index (χ1) is 11.3. The zero-order valence-corrected chi connectivity index (χ0v) is 12.9. The van der Waals surface area contributed by atoms with Gasteiger partial charge in [-0.1, -0.05) is 0 Å². The van der Waals surface area contributed by atoms with E-state index in [-0.39, 0.29) is 28.9 Å². The van der Waals surface area contributed by atoms with Crippen LogP contribution in [0.5, 0.6) is 17.2 Å². The zero-order valence-electron chi connectivity index (χ0n) is 12.9. The van der Waals surface area contributed by atoms with Crippen LogP contribution in [0, 0.1) is 13.8 Å². The standard InChI is InChI=1S/C17H14O7/c1-5-7-3-23-4-8(7)12(18)11-9-6(2)10(17(21)22)13(19)14(20)16(9)24-15(5)11/h18-20H,3-4H2,1-2H3,(H,21,22). The maximum Gasteiger partial charge on any atom is 0.339 e. The van der Waals surface area contributed by atoms with E-state index >= 15 is 0 Å². The molecule has 124 valence electrons. The van der Waals surface area contributed by atoms with Crippen molar-refractivity contribution in [2.75, 3.05) is 0 Å². The van der Waals surface area contributed by atoms with Gasteiger partial charge in [-0.15, -0.1) is 0 Å². The van der Waals surface area contributed by atoms with E-state index in [2.05, 4.69) is 0 Å². The van der Waals surface area contributed by atoms with E-state index in [1.54, 1.807) is 0 Å². The average molecular weight is 330 g/mol. The monoisotopic (exact) mass is 330 g/mol. The van der Waals surface area contributed by atoms with Gasteiger partial charge >= 0.3 is 5.97 Å². The fourth-order valence-electron chi connectivity index (χ4n) is 3.50. The van der Waals surface area contributed by atoms with E-state index in [4.69, 9.17) is 9.15 Å². The van der Waals surface area contributed by atoms with Gasteiger partial charge in [-0.25, -0.2) is 4.79 Å². The van der Waals surface area contributed by atoms with E-state index in [0.717, 1.165) is 11.1 Å². The first-order valence-corrected chi connectivity index (χ1v) is 7.29. The number of aromatic carboxylic acids is 1. The Kier molecular flexibility index (Phi) is 2.77. The Morgan fingerprint density at radius 3 is 2.21 bits per heavy atom. The van der Waals surface area contributed by atoms with Gasteiger partial charge in [-0.2, -0.15) is 0 Å². The lowest BCUT2D eigenvalue weighted by Gasteiger charge is -2.09. The molecule has 0 saturated heterocycles. The number of carbonyl (C=O) groups is 1. The molecule has 0 amide bonds. The van der Waals surface area contributed by atoms with Crippen LogP contribution in [-0.4, -0.2) is 26.4 Å². The normalized spacial score (nSPS) is 13.8. The van der Waals surface area contributed by atoms with E-state index < -0.39 is 23.0 Å². The second-order valence-corrected chi connectivity index (χ2v) is 5.94. The van der Waals surface area contributed by atoms with Crippen LogP contribution in [-0.2, 0) is 18.0 Å². The Balaban J connectivity index is 2.31. The number of carboxylic acid groups (broad SMARTS) is 1. The number of aromatic hydroxyl groups is 3. The van der Waals surface area contributed by atoms with Gasteiger partial charge in [0, 0.05) is 10.9 Å². The zero-order chi connectivity index (χ0) is 17.3. The van der Waals surface area contributed by atoms with Crippen LogP contribution in [0.1, 0.15) is 32.6 Å². The van der Waals surface area contributed by atoms with Crippen molar-refractivity contribution in [2.24, 2.45) is 0 Å². The summed E-state index contributed by atoms with van der Waals surface area (Å²) in [5.74, 6) is -2.83. The van der Waals surface area contributed by atoms with E-state index in [1.165, 1.54) is 6.92 Å². The molecular formula is C17H14O7. The molecule has 24 heavy (non-hydrogen) atoms. The van der Waals surface area contributed by atoms with Crippen LogP contribution >= 0.6 is 0 Å². The van der Waals surface area contributed by atoms with Crippen LogP contribution in [0.4, 0.5) is 0 Å². The van der Waals surface area contributed by atoms with Crippen LogP contribution in [0.15, 0.2) is 4.42 Å². The summed E-state index contributed by atoms with van der Waals surface area (Å²) in [7, 11) is 0. The summed E-state index contributed by atoms with van der Waals surface area (Å²) in [5.41, 5.74) is 2.28. The summed E-state index contributed by atoms with van der Waals surface area (Å²) in [4.78, 5) is 11.5. The highest BCUT2D eigenvalue weighted by molar-refractivity contribution is 6.16. The van der Waals surface area contributed by atoms with Crippen molar-refractivity contribution in [3.8, 4) is 17.2 Å². The molecule has 0 radical (unpaired) electrons. The lowest BCUT2D eigenvalue weighted by Crippen LogP contribution is -2.01. The van der Waals surface area contributed by atoms with Crippen molar-refractivity contribution in [2.45, 2.75) is 27.1 Å². The molecule has 7 heteroatoms. The predicted molar refractivity (Wildman–Crippen MR) is 83.6 cm³/mol. The van der Waals surface area contributed by atoms with Gasteiger partial charge < -0.3 is 29.6 Å². The van der Waals surface area contributed by atoms with Crippen LogP contribution < -0.4 is 0 Å². The van der Waals surface area contributed by atoms with Gasteiger partial charge in [0.1, 0.15) is 16.9 Å². The minimum Gasteiger partial charge on any atom is -0.507 e. The van der Waals surface area contributed by atoms with Gasteiger partial charge in [0.05, 0.1) is 18.6 Å². The Hall–Kier alpha value is -2.93. The number of phenolic OH excluding ortho intramolecular Hbond substituents is 2. The summed E-state index contributed by atoms with van der Waals surface area (Å²) < 4.78 is 11.1. The molecule has 1 aromatic heterocycles. The van der Waals surface area contributed by atoms with Gasteiger partial charge in [0.25, 0.3) is 0 Å². The van der Waals surface area contributed by atoms with E-state index in [0.29, 0.717) is 23.1 Å². The third-order valence-corrected chi connectivity index (χ3v) is 4.72. The highest BCUT2D eigenvalue weighted by Gasteiger charge is 2.30. The smallest absolute Gasteiger partial charge is 0.339 e. The summed E-state index contributed by atoms with van der Waals surface area (Å²) in [6.45, 7) is 3.90. The SMILES string of the molecule is Cc1c2c(c(O)c3c1oc1c(O)c(O)c(C(=O)O)c(C)c13)COC2. The van der Waals surface area contributed by atoms with Crippen molar-refractivity contribution in [1.29, 1.82) is 0 Å². The Morgan fingerprint density at radius 1 is 0.875 bits per heavy atom. The summed E-state index contributed by atoms with van der Waals surface area (Å²) in [5, 5.41) is 40.8. The van der Waals surface area contributed by atoms with Crippen molar-refractivity contribution < 1.29 is 34.4 Å². The molecule has 1 aliphatic rings. The third kappa shape index (κ3) is 1.57. The number of aryl methyl sites for hydroxylation is 2. The maximum atomic E-state index is 11.5. The Labute approximate surface area is 135 Å². The van der Waals surface area contributed by atoms with Crippen LogP contribution in [0.3, 0.4) is 0 Å². The molecule has 4 N–H and O–H groups in total. The van der Waals surface area contributed by atoms with Gasteiger partial charge in [0.2, 0.25) is 5.75 Å². The predicted octanol–water partition coefficient (Wildman–Crippen LogP) is 3.05. The number of carboxylic acids is 1. The van der Waals surface area contributed by atoms with Crippen molar-refractivity contribution in [1.82, 2.24) is 0 Å². The number of hydrogen-bond donors (Lipinski definition) is 4. The maximum absolute atomic E-state index is 11.5. The van der Waals surface area contributed by atoms with E-state index in [1.807, 2.05) is 6.92 Å². The molecule has 2 heterocycles. The summed E-state index contributed by atoms with van der Waals surface area (Å²) in [6, 6.07) is 0. The van der Waals surface area contributed by atoms with E-state index in [9.17, 15) is 25.2 Å². The molecule has 0 aliphatic carbocycles. The number of ether oxygens (including phenoxy) is 1. The topological polar surface area (TPSA) is 120 Å². The summed E-state index contributed by atoms with van der Waals surface area (Å²) >= 11 is 0. The minimum absolute atomic E-state index is 0.0482. The van der Waals surface area contributed by atoms with Gasteiger partial charge in [-0.3, -0.25) is 0 Å². The molecule has 0 fully saturated rings. The fourth-order valence-corrected chi connectivity index (χ4v) is 3.50. The third-order valence-electron chi connectivity index (χ3n) is 4.72. The average Bonchev–Trinajstić information content (AvgIpc) is 3.15. The second-order valence-electron chi connectivity index (χ2n) is 5.94. The highest BCUT2D eigenvalue weighted by atomic mass is 16.5. The number of benzene rings is 2. The molecular weight excluding hydrogens is 316 g/mol. The number of rotatable bonds is 1. The minimum atomic E-state index is -1.38. The molecule has 2 aromatic carbocycles. The number of fused-ring (bicyclic) bond motifs is 4. The number of hydrogen-bond acceptors (Lipinski definition) is 6. The quantitative estimate of drug-likeness (QED) is 0.506.